The number of hydrogen-bond donors (Lipinski definition) is 0. The van der Waals surface area contributed by atoms with E-state index < -0.39 is 0 Å². The quantitative estimate of drug-likeness (QED) is 0.557. The summed E-state index contributed by atoms with van der Waals surface area (Å²) in [4.78, 5) is 48.5. The number of piperidine rings is 1. The second-order valence-corrected chi connectivity index (χ2v) is 9.17. The molecular formula is C25H35N5O5. The first kappa shape index (κ1) is 25.0. The van der Waals surface area contributed by atoms with Crippen molar-refractivity contribution in [2.75, 3.05) is 60.0 Å². The molecule has 4 rings (SSSR count). The Hall–Kier alpha value is -3.14. The third-order valence-electron chi connectivity index (χ3n) is 6.91. The normalized spacial score (nSPS) is 17.0. The Balaban J connectivity index is 1.25. The second-order valence-electron chi connectivity index (χ2n) is 9.17. The number of methoxy groups -OCH3 is 2. The van der Waals surface area contributed by atoms with Crippen LogP contribution in [0.5, 0.6) is 11.5 Å². The van der Waals surface area contributed by atoms with Crippen LogP contribution in [0.2, 0.25) is 0 Å². The van der Waals surface area contributed by atoms with Gasteiger partial charge in [-0.3, -0.25) is 23.9 Å². The highest BCUT2D eigenvalue weighted by Gasteiger charge is 2.24. The van der Waals surface area contributed by atoms with Crippen molar-refractivity contribution in [3.05, 3.63) is 28.8 Å². The Morgan fingerprint density at radius 2 is 1.54 bits per heavy atom. The molecule has 2 aromatic rings. The third-order valence-corrected chi connectivity index (χ3v) is 6.91. The Kier molecular flexibility index (Phi) is 8.22. The van der Waals surface area contributed by atoms with Crippen LogP contribution in [-0.2, 0) is 16.1 Å². The van der Waals surface area contributed by atoms with Crippen LogP contribution in [0.25, 0.3) is 10.9 Å². The van der Waals surface area contributed by atoms with Crippen LogP contribution in [0.4, 0.5) is 0 Å². The Bertz CT molecular complexity index is 1100. The number of carbonyl (C=O) groups is 2. The topological polar surface area (TPSA) is 97.2 Å². The fraction of sp³-hybridized carbons (Fsp3) is 0.600. The number of amides is 2. The van der Waals surface area contributed by atoms with Crippen LogP contribution in [0, 0.1) is 0 Å². The number of aromatic nitrogens is 2. The van der Waals surface area contributed by atoms with Crippen molar-refractivity contribution in [1.29, 1.82) is 0 Å². The van der Waals surface area contributed by atoms with Crippen molar-refractivity contribution in [1.82, 2.24) is 24.3 Å². The summed E-state index contributed by atoms with van der Waals surface area (Å²) in [6, 6.07) is 3.32. The maximum atomic E-state index is 12.9. The van der Waals surface area contributed by atoms with Gasteiger partial charge in [0.15, 0.2) is 11.5 Å². The summed E-state index contributed by atoms with van der Waals surface area (Å²) in [5.74, 6) is 1.28. The molecule has 0 aliphatic carbocycles. The molecule has 2 aliphatic rings. The van der Waals surface area contributed by atoms with Crippen molar-refractivity contribution >= 4 is 22.7 Å². The van der Waals surface area contributed by atoms with Gasteiger partial charge in [0.1, 0.15) is 0 Å². The summed E-state index contributed by atoms with van der Waals surface area (Å²) in [7, 11) is 3.06. The van der Waals surface area contributed by atoms with Crippen LogP contribution < -0.4 is 15.0 Å². The minimum atomic E-state index is -0.171. The first-order valence-electron chi connectivity index (χ1n) is 12.4. The predicted molar refractivity (Wildman–Crippen MR) is 132 cm³/mol. The van der Waals surface area contributed by atoms with Crippen LogP contribution in [0.3, 0.4) is 0 Å². The molecular weight excluding hydrogens is 450 g/mol. The molecule has 0 bridgehead atoms. The number of fused-ring (bicyclic) bond motifs is 1. The second kappa shape index (κ2) is 11.5. The summed E-state index contributed by atoms with van der Waals surface area (Å²) in [5, 5.41) is 0.451. The molecule has 0 unspecified atom stereocenters. The van der Waals surface area contributed by atoms with Crippen LogP contribution in [0.1, 0.15) is 32.1 Å². The van der Waals surface area contributed by atoms with E-state index in [0.29, 0.717) is 74.5 Å². The summed E-state index contributed by atoms with van der Waals surface area (Å²) >= 11 is 0. The van der Waals surface area contributed by atoms with E-state index in [0.717, 1.165) is 25.9 Å². The number of ether oxygens (including phenoxy) is 2. The lowest BCUT2D eigenvalue weighted by Crippen LogP contribution is -2.52. The standard InChI is InChI=1S/C25H35N5O5/c1-34-21-15-19-20(16-22(21)35-2)26-18-30(25(19)33)10-6-7-23(31)29-13-11-27(12-14-29)17-24(32)28-8-4-3-5-9-28/h15-16,18H,3-14,17H2,1-2H3. The van der Waals surface area contributed by atoms with Crippen LogP contribution >= 0.6 is 0 Å². The first-order valence-corrected chi connectivity index (χ1v) is 12.4. The van der Waals surface area contributed by atoms with E-state index in [-0.39, 0.29) is 17.4 Å². The highest BCUT2D eigenvalue weighted by atomic mass is 16.5. The summed E-state index contributed by atoms with van der Waals surface area (Å²) in [6.45, 7) is 5.28. The molecule has 1 aromatic carbocycles. The molecule has 10 nitrogen and oxygen atoms in total. The van der Waals surface area contributed by atoms with Crippen molar-refractivity contribution in [2.24, 2.45) is 0 Å². The van der Waals surface area contributed by atoms with Gasteiger partial charge >= 0.3 is 0 Å². The minimum Gasteiger partial charge on any atom is -0.493 e. The van der Waals surface area contributed by atoms with Gasteiger partial charge in [0.2, 0.25) is 11.8 Å². The van der Waals surface area contributed by atoms with Gasteiger partial charge in [0.25, 0.3) is 5.56 Å². The monoisotopic (exact) mass is 485 g/mol. The van der Waals surface area contributed by atoms with E-state index in [1.807, 2.05) is 9.80 Å². The number of nitrogens with zero attached hydrogens (tertiary/aromatic N) is 5. The van der Waals surface area contributed by atoms with Crippen LogP contribution in [-0.4, -0.2) is 96.1 Å². The molecule has 10 heteroatoms. The number of likely N-dealkylation sites (tertiary alicyclic amines) is 1. The molecule has 2 fully saturated rings. The number of rotatable bonds is 8. The van der Waals surface area contributed by atoms with Gasteiger partial charge in [-0.05, 0) is 31.7 Å². The highest BCUT2D eigenvalue weighted by molar-refractivity contribution is 5.81. The molecule has 2 amide bonds. The lowest BCUT2D eigenvalue weighted by molar-refractivity contribution is -0.135. The van der Waals surface area contributed by atoms with Crippen molar-refractivity contribution in [3.63, 3.8) is 0 Å². The zero-order chi connectivity index (χ0) is 24.8. The van der Waals surface area contributed by atoms with Gasteiger partial charge in [-0.2, -0.15) is 0 Å². The molecule has 3 heterocycles. The van der Waals surface area contributed by atoms with Gasteiger partial charge in [0, 0.05) is 58.3 Å². The number of hydrogen-bond acceptors (Lipinski definition) is 7. The molecule has 190 valence electrons. The van der Waals surface area contributed by atoms with E-state index in [2.05, 4.69) is 9.88 Å². The lowest BCUT2D eigenvalue weighted by atomic mass is 10.1. The predicted octanol–water partition coefficient (Wildman–Crippen LogP) is 1.35. The Morgan fingerprint density at radius 3 is 2.23 bits per heavy atom. The number of benzene rings is 1. The van der Waals surface area contributed by atoms with Gasteiger partial charge < -0.3 is 19.3 Å². The van der Waals surface area contributed by atoms with E-state index in [1.165, 1.54) is 31.5 Å². The smallest absolute Gasteiger partial charge is 0.261 e. The molecule has 0 saturated carbocycles. The molecule has 2 aliphatic heterocycles. The largest absolute Gasteiger partial charge is 0.493 e. The number of aryl methyl sites for hydroxylation is 1. The zero-order valence-corrected chi connectivity index (χ0v) is 20.7. The van der Waals surface area contributed by atoms with Crippen LogP contribution in [0.15, 0.2) is 23.3 Å². The highest BCUT2D eigenvalue weighted by Crippen LogP contribution is 2.29. The van der Waals surface area contributed by atoms with Crippen molar-refractivity contribution in [2.45, 2.75) is 38.6 Å². The van der Waals surface area contributed by atoms with E-state index in [1.54, 1.807) is 12.1 Å². The maximum absolute atomic E-state index is 12.9. The van der Waals surface area contributed by atoms with Gasteiger partial charge in [-0.25, -0.2) is 4.98 Å². The summed E-state index contributed by atoms with van der Waals surface area (Å²) in [5.41, 5.74) is 0.368. The molecule has 35 heavy (non-hydrogen) atoms. The zero-order valence-electron chi connectivity index (χ0n) is 20.7. The van der Waals surface area contributed by atoms with Gasteiger partial charge in [-0.15, -0.1) is 0 Å². The fourth-order valence-corrected chi connectivity index (χ4v) is 4.79. The van der Waals surface area contributed by atoms with E-state index in [9.17, 15) is 14.4 Å². The Labute approximate surface area is 205 Å². The molecule has 2 saturated heterocycles. The van der Waals surface area contributed by atoms with E-state index >= 15 is 0 Å². The molecule has 1 aromatic heterocycles. The summed E-state index contributed by atoms with van der Waals surface area (Å²) in [6.07, 6.45) is 5.83. The Morgan fingerprint density at radius 1 is 0.886 bits per heavy atom. The summed E-state index contributed by atoms with van der Waals surface area (Å²) < 4.78 is 12.1. The maximum Gasteiger partial charge on any atom is 0.261 e. The first-order chi connectivity index (χ1) is 17.0. The molecule has 0 spiro atoms. The fourth-order valence-electron chi connectivity index (χ4n) is 4.79. The lowest BCUT2D eigenvalue weighted by Gasteiger charge is -2.36. The van der Waals surface area contributed by atoms with Crippen molar-refractivity contribution in [3.8, 4) is 11.5 Å². The average molecular weight is 486 g/mol. The molecule has 0 radical (unpaired) electrons. The molecule has 0 atom stereocenters. The number of carbonyl (C=O) groups excluding carboxylic acids is 2. The van der Waals surface area contributed by atoms with Crippen molar-refractivity contribution < 1.29 is 19.1 Å². The SMILES string of the molecule is COc1cc2ncn(CCCC(=O)N3CCN(CC(=O)N4CCCCC4)CC3)c(=O)c2cc1OC. The number of piperazine rings is 1. The van der Waals surface area contributed by atoms with Gasteiger partial charge in [-0.1, -0.05) is 0 Å². The van der Waals surface area contributed by atoms with Gasteiger partial charge in [0.05, 0.1) is 38.0 Å². The minimum absolute atomic E-state index is 0.0835. The molecule has 0 N–H and O–H groups in total. The third kappa shape index (κ3) is 5.93. The van der Waals surface area contributed by atoms with E-state index in [4.69, 9.17) is 9.47 Å². The average Bonchev–Trinajstić information content (AvgIpc) is 2.90.